The molecule has 0 spiro atoms. The molecule has 9 heteroatoms. The number of piperidine rings is 1. The number of hydrogen-bond donors (Lipinski definition) is 2. The molecule has 2 N–H and O–H groups in total. The number of Topliss-reactive ketones (excluding diaryl/α,β-unsaturated/α-hetero) is 1. The quantitative estimate of drug-likeness (QED) is 0.408. The summed E-state index contributed by atoms with van der Waals surface area (Å²) in [5.74, 6) is -2.52. The summed E-state index contributed by atoms with van der Waals surface area (Å²) < 4.78 is 0. The molecule has 164 valence electrons. The summed E-state index contributed by atoms with van der Waals surface area (Å²) in [6.45, 7) is 2.14. The number of imide groups is 1. The van der Waals surface area contributed by atoms with Crippen LogP contribution in [0, 0.1) is 6.92 Å². The maximum absolute atomic E-state index is 12.7. The van der Waals surface area contributed by atoms with Crippen LogP contribution in [0.5, 0.6) is 0 Å². The molecule has 2 aromatic carbocycles. The molecule has 4 amide bonds. The molecule has 2 heterocycles. The number of amides is 4. The Balaban J connectivity index is 1.41. The van der Waals surface area contributed by atoms with E-state index in [1.807, 2.05) is 0 Å². The zero-order chi connectivity index (χ0) is 23.0. The molecule has 1 atom stereocenters. The maximum atomic E-state index is 12.7. The molecule has 1 saturated heterocycles. The van der Waals surface area contributed by atoms with Gasteiger partial charge in [-0.1, -0.05) is 35.9 Å². The summed E-state index contributed by atoms with van der Waals surface area (Å²) in [5.41, 5.74) is 2.93. The first kappa shape index (κ1) is 21.7. The molecule has 0 aromatic heterocycles. The average molecular weight is 454 g/mol. The molecule has 0 saturated carbocycles. The topological polar surface area (TPSA) is 113 Å². The molecule has 8 nitrogen and oxygen atoms in total. The second kappa shape index (κ2) is 8.55. The van der Waals surface area contributed by atoms with E-state index in [0.29, 0.717) is 22.6 Å². The number of hydrogen-bond acceptors (Lipinski definition) is 5. The third kappa shape index (κ3) is 4.13. The van der Waals surface area contributed by atoms with E-state index < -0.39 is 23.6 Å². The van der Waals surface area contributed by atoms with Crippen LogP contribution >= 0.6 is 11.6 Å². The van der Waals surface area contributed by atoms with E-state index in [4.69, 9.17) is 11.6 Å². The van der Waals surface area contributed by atoms with Crippen molar-refractivity contribution in [2.45, 2.75) is 38.9 Å². The van der Waals surface area contributed by atoms with E-state index in [2.05, 4.69) is 10.6 Å². The van der Waals surface area contributed by atoms with Gasteiger partial charge in [-0.2, -0.15) is 0 Å². The van der Waals surface area contributed by atoms with Crippen LogP contribution in [0.3, 0.4) is 0 Å². The number of aryl methyl sites for hydroxylation is 1. The van der Waals surface area contributed by atoms with Crippen molar-refractivity contribution >= 4 is 41.0 Å². The normalized spacial score (nSPS) is 17.8. The Labute approximate surface area is 188 Å². The molecule has 32 heavy (non-hydrogen) atoms. The molecule has 2 aliphatic rings. The highest BCUT2D eigenvalue weighted by Gasteiger charge is 2.39. The maximum Gasteiger partial charge on any atom is 0.292 e. The van der Waals surface area contributed by atoms with Gasteiger partial charge in [0.15, 0.2) is 0 Å². The number of fused-ring (bicyclic) bond motifs is 1. The molecule has 2 aliphatic heterocycles. The molecule has 4 rings (SSSR count). The van der Waals surface area contributed by atoms with Crippen LogP contribution in [0.25, 0.3) is 0 Å². The smallest absolute Gasteiger partial charge is 0.292 e. The van der Waals surface area contributed by atoms with E-state index in [0.717, 1.165) is 11.1 Å². The lowest BCUT2D eigenvalue weighted by Gasteiger charge is -2.29. The van der Waals surface area contributed by atoms with E-state index in [1.54, 1.807) is 37.3 Å². The number of nitrogens with zero attached hydrogens (tertiary/aromatic N) is 1. The van der Waals surface area contributed by atoms with Crippen molar-refractivity contribution in [2.75, 3.05) is 0 Å². The first-order valence-electron chi connectivity index (χ1n) is 10.1. The molecule has 0 bridgehead atoms. The molecule has 0 radical (unpaired) electrons. The summed E-state index contributed by atoms with van der Waals surface area (Å²) in [5, 5.41) is 5.27. The number of carbonyl (C=O) groups is 5. The lowest BCUT2D eigenvalue weighted by Crippen LogP contribution is -2.52. The van der Waals surface area contributed by atoms with Crippen molar-refractivity contribution in [3.05, 3.63) is 69.2 Å². The number of benzene rings is 2. The highest BCUT2D eigenvalue weighted by atomic mass is 35.5. The number of ketones is 1. The minimum atomic E-state index is -0.758. The van der Waals surface area contributed by atoms with Gasteiger partial charge in [0, 0.05) is 35.7 Å². The molecule has 0 aliphatic carbocycles. The number of nitrogens with one attached hydrogen (secondary N) is 2. The molecular weight excluding hydrogens is 434 g/mol. The third-order valence-corrected chi connectivity index (χ3v) is 6.09. The van der Waals surface area contributed by atoms with Crippen molar-refractivity contribution in [3.63, 3.8) is 0 Å². The molecule has 1 fully saturated rings. The fourth-order valence-electron chi connectivity index (χ4n) is 3.87. The summed E-state index contributed by atoms with van der Waals surface area (Å²) in [6.07, 6.45) is 0.479. The second-order valence-corrected chi connectivity index (χ2v) is 8.27. The Bertz CT molecular complexity index is 1180. The van der Waals surface area contributed by atoms with Crippen LogP contribution in [-0.4, -0.2) is 40.4 Å². The van der Waals surface area contributed by atoms with Gasteiger partial charge in [-0.3, -0.25) is 29.3 Å². The van der Waals surface area contributed by atoms with Gasteiger partial charge >= 0.3 is 0 Å². The SMILES string of the molecule is Cc1ccc(C(=O)C(=O)NCc2ccc3c(c2)CN(C2CCC(=O)NC2=O)C3=O)cc1Cl. The van der Waals surface area contributed by atoms with Gasteiger partial charge in [-0.25, -0.2) is 0 Å². The zero-order valence-electron chi connectivity index (χ0n) is 17.2. The van der Waals surface area contributed by atoms with Crippen LogP contribution in [-0.2, 0) is 27.5 Å². The van der Waals surface area contributed by atoms with E-state index in [9.17, 15) is 24.0 Å². The number of carbonyl (C=O) groups excluding carboxylic acids is 5. The summed E-state index contributed by atoms with van der Waals surface area (Å²) in [6, 6.07) is 9.11. The van der Waals surface area contributed by atoms with Crippen molar-refractivity contribution in [2.24, 2.45) is 0 Å². The Hall–Kier alpha value is -3.52. The van der Waals surface area contributed by atoms with Gasteiger partial charge in [0.25, 0.3) is 11.8 Å². The van der Waals surface area contributed by atoms with Crippen LogP contribution < -0.4 is 10.6 Å². The van der Waals surface area contributed by atoms with Crippen molar-refractivity contribution < 1.29 is 24.0 Å². The van der Waals surface area contributed by atoms with Crippen molar-refractivity contribution in [1.29, 1.82) is 0 Å². The van der Waals surface area contributed by atoms with Gasteiger partial charge in [0.05, 0.1) is 0 Å². The summed E-state index contributed by atoms with van der Waals surface area (Å²) in [7, 11) is 0. The predicted molar refractivity (Wildman–Crippen MR) is 115 cm³/mol. The largest absolute Gasteiger partial charge is 0.345 e. The van der Waals surface area contributed by atoms with Crippen LogP contribution in [0.4, 0.5) is 0 Å². The fourth-order valence-corrected chi connectivity index (χ4v) is 4.05. The minimum Gasteiger partial charge on any atom is -0.345 e. The number of rotatable bonds is 5. The Kier molecular flexibility index (Phi) is 5.80. The third-order valence-electron chi connectivity index (χ3n) is 5.68. The molecule has 2 aromatic rings. The first-order chi connectivity index (χ1) is 15.2. The average Bonchev–Trinajstić information content (AvgIpc) is 3.09. The van der Waals surface area contributed by atoms with Crippen LogP contribution in [0.15, 0.2) is 36.4 Å². The van der Waals surface area contributed by atoms with E-state index in [1.165, 1.54) is 11.0 Å². The van der Waals surface area contributed by atoms with Crippen molar-refractivity contribution in [3.8, 4) is 0 Å². The van der Waals surface area contributed by atoms with Crippen molar-refractivity contribution in [1.82, 2.24) is 15.5 Å². The zero-order valence-corrected chi connectivity index (χ0v) is 18.0. The summed E-state index contributed by atoms with van der Waals surface area (Å²) in [4.78, 5) is 62.3. The first-order valence-corrected chi connectivity index (χ1v) is 10.5. The molecular formula is C23H20ClN3O5. The lowest BCUT2D eigenvalue weighted by atomic mass is 10.0. The highest BCUT2D eigenvalue weighted by Crippen LogP contribution is 2.28. The van der Waals surface area contributed by atoms with Crippen LogP contribution in [0.2, 0.25) is 5.02 Å². The highest BCUT2D eigenvalue weighted by molar-refractivity contribution is 6.43. The van der Waals surface area contributed by atoms with Gasteiger partial charge < -0.3 is 10.2 Å². The fraction of sp³-hybridized carbons (Fsp3) is 0.261. The Morgan fingerprint density at radius 3 is 2.66 bits per heavy atom. The van der Waals surface area contributed by atoms with Gasteiger partial charge in [0.1, 0.15) is 6.04 Å². The lowest BCUT2D eigenvalue weighted by molar-refractivity contribution is -0.137. The van der Waals surface area contributed by atoms with Gasteiger partial charge in [-0.05, 0) is 42.2 Å². The predicted octanol–water partition coefficient (Wildman–Crippen LogP) is 1.91. The summed E-state index contributed by atoms with van der Waals surface area (Å²) >= 11 is 6.03. The number of halogens is 1. The van der Waals surface area contributed by atoms with E-state index in [-0.39, 0.29) is 36.9 Å². The van der Waals surface area contributed by atoms with Gasteiger partial charge in [0.2, 0.25) is 17.6 Å². The van der Waals surface area contributed by atoms with Crippen LogP contribution in [0.1, 0.15) is 50.2 Å². The standard InChI is InChI=1S/C23H20ClN3O5/c1-12-2-4-14(9-17(12)24)20(29)22(31)25-10-13-3-5-16-15(8-13)11-27(23(16)32)18-6-7-19(28)26-21(18)30/h2-5,8-9,18H,6-7,10-11H2,1H3,(H,25,31)(H,26,28,30). The van der Waals surface area contributed by atoms with Gasteiger partial charge in [-0.15, -0.1) is 0 Å². The monoisotopic (exact) mass is 453 g/mol. The minimum absolute atomic E-state index is 0.101. The molecule has 1 unspecified atom stereocenters. The van der Waals surface area contributed by atoms with E-state index >= 15 is 0 Å². The Morgan fingerprint density at radius 1 is 1.16 bits per heavy atom. The second-order valence-electron chi connectivity index (χ2n) is 7.87. The Morgan fingerprint density at radius 2 is 1.94 bits per heavy atom.